The molecule has 0 N–H and O–H groups in total. The van der Waals surface area contributed by atoms with Crippen molar-refractivity contribution in [3.8, 4) is 22.3 Å². The van der Waals surface area contributed by atoms with Gasteiger partial charge in [-0.15, -0.1) is 0 Å². The van der Waals surface area contributed by atoms with Crippen molar-refractivity contribution in [2.45, 2.75) is 158 Å². The lowest BCUT2D eigenvalue weighted by atomic mass is 9.54. The molecule has 0 unspecified atom stereocenters. The Hall–Kier alpha value is -9.78. The lowest BCUT2D eigenvalue weighted by Crippen LogP contribution is -2.50. The van der Waals surface area contributed by atoms with Crippen molar-refractivity contribution in [2.75, 3.05) is 0 Å². The third kappa shape index (κ3) is 8.08. The van der Waals surface area contributed by atoms with E-state index in [-0.39, 0.29) is 22.4 Å². The van der Waals surface area contributed by atoms with Gasteiger partial charge >= 0.3 is 0 Å². The van der Waals surface area contributed by atoms with Gasteiger partial charge in [-0.25, -0.2) is 20.0 Å². The van der Waals surface area contributed by atoms with E-state index in [4.69, 9.17) is 20.0 Å². The van der Waals surface area contributed by atoms with E-state index in [1.165, 1.54) is 0 Å². The molecular formula is C94H86N4O2. The van der Waals surface area contributed by atoms with E-state index in [1.54, 1.807) is 0 Å². The number of hydrogen-bond acceptors (Lipinski definition) is 6. The SMILES string of the molecule is CC(C)(C)C1=CC2(C=C(C(C)(C)C)C1=O)c1ccc3ccccc3c1-c1c(ccc3ccccc13)C21N=c2c(c3cc(C(C)(C)C)cc4c5c(c6cc(C(C)(C)C)cc2c6c34)=NC2(N=5)c3ccc4ccccc4c3-c3c(ccc4ccccc34)C23C=C(C(C)(C)C)C(=O)C(C(C)(C)C)=C3)=N1. The molecular weight excluding hydrogens is 1220 g/mol. The van der Waals surface area contributed by atoms with Crippen LogP contribution in [0.4, 0.5) is 0 Å². The lowest BCUT2D eigenvalue weighted by molar-refractivity contribution is -0.115. The van der Waals surface area contributed by atoms with Gasteiger partial charge in [0.1, 0.15) is 0 Å². The zero-order valence-electron chi connectivity index (χ0n) is 61.1. The number of carbonyl (C=O) groups excluding carboxylic acids is 2. The van der Waals surface area contributed by atoms with E-state index in [0.717, 1.165) is 175 Å². The molecule has 0 amide bonds. The summed E-state index contributed by atoms with van der Waals surface area (Å²) in [6.07, 6.45) is 9.29. The van der Waals surface area contributed by atoms with Crippen LogP contribution in [0.5, 0.6) is 0 Å². The molecule has 100 heavy (non-hydrogen) atoms. The molecule has 4 spiro atoms. The molecule has 0 saturated carbocycles. The highest BCUT2D eigenvalue weighted by atomic mass is 16.1. The van der Waals surface area contributed by atoms with Crippen LogP contribution in [0, 0.1) is 21.7 Å². The molecule has 6 heteroatoms. The summed E-state index contributed by atoms with van der Waals surface area (Å²) >= 11 is 0. The van der Waals surface area contributed by atoms with Crippen molar-refractivity contribution in [2.24, 2.45) is 41.6 Å². The summed E-state index contributed by atoms with van der Waals surface area (Å²) < 4.78 is 0. The van der Waals surface area contributed by atoms with Gasteiger partial charge in [0.2, 0.25) is 0 Å². The molecule has 0 fully saturated rings. The fourth-order valence-corrected chi connectivity index (χ4v) is 18.5. The minimum atomic E-state index is -1.40. The number of hydrogen-bond donors (Lipinski definition) is 0. The van der Waals surface area contributed by atoms with Crippen molar-refractivity contribution in [3.05, 3.63) is 271 Å². The van der Waals surface area contributed by atoms with Crippen molar-refractivity contribution in [1.29, 1.82) is 0 Å². The molecule has 2 heterocycles. The minimum Gasteiger partial charge on any atom is -0.289 e. The zero-order valence-corrected chi connectivity index (χ0v) is 61.1. The number of Topliss-reactive ketones (excluding diaryl/α,β-unsaturated/α-hetero) is 2. The highest BCUT2D eigenvalue weighted by Crippen LogP contribution is 2.66. The van der Waals surface area contributed by atoms with E-state index in [0.29, 0.717) is 0 Å². The average Bonchev–Trinajstić information content (AvgIpc) is 1.39. The van der Waals surface area contributed by atoms with Crippen molar-refractivity contribution in [3.63, 3.8) is 0 Å². The maximum Gasteiger partial charge on any atom is 0.194 e. The summed E-state index contributed by atoms with van der Waals surface area (Å²) in [5, 5.41) is 18.5. The Balaban J connectivity index is 1.08. The normalized spacial score (nSPS) is 18.0. The van der Waals surface area contributed by atoms with E-state index in [1.807, 2.05) is 0 Å². The monoisotopic (exact) mass is 1300 g/mol. The fraction of sp³-hybridized carbons (Fsp3) is 0.298. The van der Waals surface area contributed by atoms with Gasteiger partial charge in [-0.2, -0.15) is 0 Å². The van der Waals surface area contributed by atoms with E-state index in [9.17, 15) is 0 Å². The molecule has 0 aromatic heterocycles. The predicted octanol–water partition coefficient (Wildman–Crippen LogP) is 20.9. The van der Waals surface area contributed by atoms with Crippen molar-refractivity contribution in [1.82, 2.24) is 0 Å². The highest BCUT2D eigenvalue weighted by Gasteiger charge is 2.63. The Labute approximate surface area is 585 Å². The van der Waals surface area contributed by atoms with Crippen LogP contribution in [0.3, 0.4) is 0 Å². The highest BCUT2D eigenvalue weighted by molar-refractivity contribution is 6.24. The van der Waals surface area contributed by atoms with Crippen LogP contribution in [0.15, 0.2) is 236 Å². The smallest absolute Gasteiger partial charge is 0.194 e. The first-order valence-corrected chi connectivity index (χ1v) is 36.0. The van der Waals surface area contributed by atoms with Gasteiger partial charge < -0.3 is 0 Å². The Morgan fingerprint density at radius 1 is 0.260 bits per heavy atom. The fourth-order valence-electron chi connectivity index (χ4n) is 18.5. The first-order chi connectivity index (χ1) is 47.1. The first kappa shape index (κ1) is 62.5. The Bertz CT molecular complexity index is 5700. The van der Waals surface area contributed by atoms with Crippen LogP contribution in [0.2, 0.25) is 0 Å². The van der Waals surface area contributed by atoms with Gasteiger partial charge in [-0.05, 0) is 144 Å². The molecule has 6 aliphatic rings. The van der Waals surface area contributed by atoms with Crippen LogP contribution >= 0.6 is 0 Å². The standard InChI is InChI=1S/C94H86N4O2/c1-85(2,3)55-43-61-73-62(44-55)80-82(98-94(96-80)68-42-38-54-30-22-26-34-60(54)78(68)76-58-32-24-20-28-52(58)36-40-66(76)92(94)49-71(89(13,14)15)84(100)72(50-92)90(16,17)18)64-46-56(86(4,5)6)45-63(74(64)73)81-79(61)95-93(97-81)67-41-37-53-29-21-25-33-59(53)77(67)75-57-31-23-19-27-51(57)35-39-65(75)91(93)47-69(87(7,8)9)83(99)70(48-91)88(10,11)12/h19-50H,1-18H3. The quantitative estimate of drug-likeness (QED) is 0.142. The third-order valence-corrected chi connectivity index (χ3v) is 23.5. The summed E-state index contributed by atoms with van der Waals surface area (Å²) in [5.74, 6) is 0.133. The summed E-state index contributed by atoms with van der Waals surface area (Å²) in [6, 6.07) is 63.3. The number of allylic oxidation sites excluding steroid dienone is 4. The second kappa shape index (κ2) is 19.6. The van der Waals surface area contributed by atoms with Crippen molar-refractivity contribution >= 4 is 87.0 Å². The number of benzene rings is 12. The molecule has 4 aliphatic carbocycles. The second-order valence-corrected chi connectivity index (χ2v) is 36.0. The molecule has 18 rings (SSSR count). The summed E-state index contributed by atoms with van der Waals surface area (Å²) in [4.78, 5) is 58.0. The molecule has 12 aromatic carbocycles. The van der Waals surface area contributed by atoms with Gasteiger partial charge in [0.15, 0.2) is 22.9 Å². The van der Waals surface area contributed by atoms with E-state index >= 15 is 9.59 Å². The number of ketones is 2. The minimum absolute atomic E-state index is 0.0666. The molecule has 0 atom stereocenters. The molecule has 0 bridgehead atoms. The summed E-state index contributed by atoms with van der Waals surface area (Å²) in [7, 11) is 0. The first-order valence-electron chi connectivity index (χ1n) is 36.0. The molecule has 2 aliphatic heterocycles. The number of carbonyl (C=O) groups is 2. The average molecular weight is 1300 g/mol. The molecule has 0 saturated heterocycles. The Kier molecular flexibility index (Phi) is 12.2. The summed E-state index contributed by atoms with van der Waals surface area (Å²) in [6.45, 7) is 40.1. The number of rotatable bonds is 0. The van der Waals surface area contributed by atoms with Crippen LogP contribution in [-0.4, -0.2) is 11.6 Å². The van der Waals surface area contributed by atoms with Gasteiger partial charge in [0.25, 0.3) is 0 Å². The van der Waals surface area contributed by atoms with Gasteiger partial charge in [-0.1, -0.05) is 295 Å². The van der Waals surface area contributed by atoms with Crippen LogP contribution < -0.4 is 21.4 Å². The predicted molar refractivity (Wildman–Crippen MR) is 413 cm³/mol. The van der Waals surface area contributed by atoms with Gasteiger partial charge in [0, 0.05) is 65.7 Å². The van der Waals surface area contributed by atoms with Gasteiger partial charge in [-0.3, -0.25) is 9.59 Å². The number of nitrogens with zero attached hydrogens (tertiary/aromatic N) is 4. The largest absolute Gasteiger partial charge is 0.289 e. The Morgan fingerprint density at radius 2 is 0.490 bits per heavy atom. The molecule has 12 aromatic rings. The Morgan fingerprint density at radius 3 is 0.730 bits per heavy atom. The number of fused-ring (bicyclic) bond motifs is 26. The van der Waals surface area contributed by atoms with Crippen LogP contribution in [-0.2, 0) is 42.6 Å². The van der Waals surface area contributed by atoms with Crippen molar-refractivity contribution < 1.29 is 9.59 Å². The summed E-state index contributed by atoms with van der Waals surface area (Å²) in [5.41, 5.74) is 5.86. The van der Waals surface area contributed by atoms with Crippen LogP contribution in [0.25, 0.3) is 97.7 Å². The van der Waals surface area contributed by atoms with E-state index < -0.39 is 43.8 Å². The maximum absolute atomic E-state index is 15.7. The topological polar surface area (TPSA) is 83.6 Å². The van der Waals surface area contributed by atoms with Gasteiger partial charge in [0.05, 0.1) is 32.3 Å². The van der Waals surface area contributed by atoms with E-state index in [2.05, 4.69) is 319 Å². The molecule has 0 radical (unpaired) electrons. The second-order valence-electron chi connectivity index (χ2n) is 36.0. The zero-order chi connectivity index (χ0) is 70.1. The van der Waals surface area contributed by atoms with Crippen LogP contribution in [0.1, 0.15) is 158 Å². The molecule has 494 valence electrons. The third-order valence-electron chi connectivity index (χ3n) is 23.5. The lowest BCUT2D eigenvalue weighted by Gasteiger charge is -2.50. The maximum atomic E-state index is 15.7. The molecule has 6 nitrogen and oxygen atoms in total.